The van der Waals surface area contributed by atoms with Gasteiger partial charge in [0.1, 0.15) is 6.10 Å². The van der Waals surface area contributed by atoms with E-state index in [4.69, 9.17) is 4.74 Å². The van der Waals surface area contributed by atoms with E-state index in [1.807, 2.05) is 6.07 Å². The summed E-state index contributed by atoms with van der Waals surface area (Å²) < 4.78 is 5.81. The molecule has 0 spiro atoms. The highest BCUT2D eigenvalue weighted by Gasteiger charge is 2.48. The zero-order chi connectivity index (χ0) is 11.8. The first-order valence-electron chi connectivity index (χ1n) is 5.87. The summed E-state index contributed by atoms with van der Waals surface area (Å²) >= 11 is 0. The van der Waals surface area contributed by atoms with E-state index in [2.05, 4.69) is 56.9 Å². The molecule has 0 aliphatic carbocycles. The van der Waals surface area contributed by atoms with Crippen molar-refractivity contribution in [2.75, 3.05) is 0 Å². The molecule has 0 aromatic heterocycles. The topological polar surface area (TPSA) is 12.5 Å². The van der Waals surface area contributed by atoms with E-state index in [-0.39, 0.29) is 0 Å². The van der Waals surface area contributed by atoms with Crippen molar-refractivity contribution in [3.63, 3.8) is 0 Å². The van der Waals surface area contributed by atoms with Gasteiger partial charge in [0, 0.05) is 0 Å². The van der Waals surface area contributed by atoms with Gasteiger partial charge in [0.15, 0.2) is 0 Å². The Morgan fingerprint density at radius 2 is 1.81 bits per heavy atom. The zero-order valence-electron chi connectivity index (χ0n) is 10.5. The molecule has 1 heterocycles. The quantitative estimate of drug-likeness (QED) is 0.571. The van der Waals surface area contributed by atoms with Crippen LogP contribution in [0.4, 0.5) is 0 Å². The van der Waals surface area contributed by atoms with Crippen LogP contribution in [0.25, 0.3) is 6.08 Å². The fourth-order valence-corrected chi connectivity index (χ4v) is 3.74. The second kappa shape index (κ2) is 4.19. The van der Waals surface area contributed by atoms with Gasteiger partial charge in [0.05, 0.1) is 13.8 Å². The molecule has 0 unspecified atom stereocenters. The van der Waals surface area contributed by atoms with E-state index in [0.717, 1.165) is 0 Å². The first-order chi connectivity index (χ1) is 7.48. The highest BCUT2D eigenvalue weighted by molar-refractivity contribution is 6.78. The van der Waals surface area contributed by atoms with Crippen LogP contribution >= 0.6 is 0 Å². The molecule has 1 fully saturated rings. The fraction of sp³-hybridized carbons (Fsp3) is 0.429. The van der Waals surface area contributed by atoms with Crippen molar-refractivity contribution in [3.8, 4) is 0 Å². The molecule has 16 heavy (non-hydrogen) atoms. The Morgan fingerprint density at radius 3 is 2.31 bits per heavy atom. The molecular weight excluding hydrogens is 212 g/mol. The van der Waals surface area contributed by atoms with E-state index in [9.17, 15) is 0 Å². The van der Waals surface area contributed by atoms with Crippen LogP contribution in [0.5, 0.6) is 0 Å². The minimum Gasteiger partial charge on any atom is -0.369 e. The fourth-order valence-electron chi connectivity index (χ4n) is 2.01. The van der Waals surface area contributed by atoms with Crippen LogP contribution in [0.15, 0.2) is 35.9 Å². The predicted molar refractivity (Wildman–Crippen MR) is 72.1 cm³/mol. The van der Waals surface area contributed by atoms with Crippen molar-refractivity contribution in [1.82, 2.24) is 0 Å². The van der Waals surface area contributed by atoms with Gasteiger partial charge in [-0.2, -0.15) is 0 Å². The monoisotopic (exact) mass is 232 g/mol. The summed E-state index contributed by atoms with van der Waals surface area (Å²) in [5.74, 6) is 0. The van der Waals surface area contributed by atoms with Crippen LogP contribution < -0.4 is 0 Å². The lowest BCUT2D eigenvalue weighted by atomic mass is 10.1. The Hall–Kier alpha value is -0.863. The molecule has 1 nitrogen and oxygen atoms in total. The van der Waals surface area contributed by atoms with E-state index in [0.29, 0.717) is 11.8 Å². The smallest absolute Gasteiger partial charge is 0.102 e. The molecule has 1 aliphatic heterocycles. The van der Waals surface area contributed by atoms with Gasteiger partial charge in [0.2, 0.25) is 0 Å². The van der Waals surface area contributed by atoms with Gasteiger partial charge in [-0.3, -0.25) is 0 Å². The molecular formula is C14H20OSi. The van der Waals surface area contributed by atoms with Crippen molar-refractivity contribution in [3.05, 3.63) is 41.5 Å². The van der Waals surface area contributed by atoms with Gasteiger partial charge >= 0.3 is 0 Å². The third-order valence-corrected chi connectivity index (χ3v) is 5.13. The van der Waals surface area contributed by atoms with E-state index in [1.165, 1.54) is 11.1 Å². The van der Waals surface area contributed by atoms with Crippen LogP contribution in [0.2, 0.25) is 19.6 Å². The maximum atomic E-state index is 5.81. The number of ether oxygens (including phenoxy) is 1. The molecule has 1 aliphatic rings. The molecule has 0 saturated carbocycles. The van der Waals surface area contributed by atoms with Crippen molar-refractivity contribution in [2.45, 2.75) is 38.4 Å². The summed E-state index contributed by atoms with van der Waals surface area (Å²) in [4.78, 5) is 0. The second-order valence-electron chi connectivity index (χ2n) is 5.64. The molecule has 1 saturated heterocycles. The lowest BCUT2D eigenvalue weighted by Crippen LogP contribution is -2.30. The largest absolute Gasteiger partial charge is 0.369 e. The van der Waals surface area contributed by atoms with Crippen molar-refractivity contribution in [2.24, 2.45) is 0 Å². The predicted octanol–water partition coefficient (Wildman–Crippen LogP) is 3.73. The van der Waals surface area contributed by atoms with Gasteiger partial charge < -0.3 is 4.74 Å². The summed E-state index contributed by atoms with van der Waals surface area (Å²) in [7, 11) is -1.13. The lowest BCUT2D eigenvalue weighted by molar-refractivity contribution is 0.415. The van der Waals surface area contributed by atoms with Crippen LogP contribution in [-0.4, -0.2) is 19.9 Å². The van der Waals surface area contributed by atoms with Gasteiger partial charge in [-0.1, -0.05) is 56.0 Å². The molecule has 0 radical (unpaired) electrons. The minimum atomic E-state index is -1.13. The molecule has 0 N–H and O–H groups in total. The Labute approximate surface area is 99.2 Å². The van der Waals surface area contributed by atoms with Gasteiger partial charge in [-0.15, -0.1) is 0 Å². The van der Waals surface area contributed by atoms with Crippen LogP contribution in [0.1, 0.15) is 12.5 Å². The van der Waals surface area contributed by atoms with E-state index < -0.39 is 8.07 Å². The van der Waals surface area contributed by atoms with Gasteiger partial charge in [-0.25, -0.2) is 0 Å². The lowest BCUT2D eigenvalue weighted by Gasteiger charge is -2.11. The molecule has 86 valence electrons. The molecule has 0 bridgehead atoms. The number of epoxide rings is 1. The average Bonchev–Trinajstić information content (AvgIpc) is 2.97. The highest BCUT2D eigenvalue weighted by Crippen LogP contribution is 2.36. The minimum absolute atomic E-state index is 0.381. The maximum absolute atomic E-state index is 5.81. The number of hydrogen-bond donors (Lipinski definition) is 0. The summed E-state index contributed by atoms with van der Waals surface area (Å²) in [6.45, 7) is 9.28. The molecule has 1 aromatic carbocycles. The Kier molecular flexibility index (Phi) is 3.04. The number of benzene rings is 1. The van der Waals surface area contributed by atoms with Crippen LogP contribution in [-0.2, 0) is 4.74 Å². The molecule has 0 amide bonds. The van der Waals surface area contributed by atoms with Crippen LogP contribution in [0, 0.1) is 0 Å². The van der Waals surface area contributed by atoms with Crippen molar-refractivity contribution in [1.29, 1.82) is 0 Å². The first kappa shape index (κ1) is 11.6. The van der Waals surface area contributed by atoms with E-state index in [1.54, 1.807) is 0 Å². The normalized spacial score (nSPS) is 25.6. The number of hydrogen-bond acceptors (Lipinski definition) is 1. The molecule has 1 aromatic rings. The Balaban J connectivity index is 2.06. The molecule has 2 atom stereocenters. The maximum Gasteiger partial charge on any atom is 0.102 e. The third-order valence-electron chi connectivity index (χ3n) is 2.99. The van der Waals surface area contributed by atoms with Crippen molar-refractivity contribution >= 4 is 14.1 Å². The molecule has 2 heteroatoms. The van der Waals surface area contributed by atoms with Gasteiger partial charge in [0.25, 0.3) is 0 Å². The summed E-state index contributed by atoms with van der Waals surface area (Å²) in [5.41, 5.74) is 3.15. The van der Waals surface area contributed by atoms with E-state index >= 15 is 0 Å². The van der Waals surface area contributed by atoms with Crippen LogP contribution in [0.3, 0.4) is 0 Å². The zero-order valence-corrected chi connectivity index (χ0v) is 11.5. The SMILES string of the molecule is C/C(=C\c1ccccc1)[C@H]1O[C@@H]1[Si](C)(C)C. The summed E-state index contributed by atoms with van der Waals surface area (Å²) in [6, 6.07) is 10.5. The average molecular weight is 232 g/mol. The number of rotatable bonds is 3. The Morgan fingerprint density at radius 1 is 1.19 bits per heavy atom. The highest BCUT2D eigenvalue weighted by atomic mass is 28.3. The summed E-state index contributed by atoms with van der Waals surface area (Å²) in [5, 5.41) is 0. The Bertz CT molecular complexity index is 389. The summed E-state index contributed by atoms with van der Waals surface area (Å²) in [6.07, 6.45) is 2.62. The van der Waals surface area contributed by atoms with Crippen molar-refractivity contribution < 1.29 is 4.74 Å². The first-order valence-corrected chi connectivity index (χ1v) is 9.45. The standard InChI is InChI=1S/C14H20OSi/c1-11(10-12-8-6-5-7-9-12)13-14(15-13)16(2,3)4/h5-10,13-14H,1-4H3/b11-10+/t13-,14-/m1/s1. The third kappa shape index (κ3) is 2.63. The van der Waals surface area contributed by atoms with Gasteiger partial charge in [-0.05, 0) is 18.1 Å². The second-order valence-corrected chi connectivity index (χ2v) is 10.9. The molecule has 2 rings (SSSR count).